The molecule has 4 aromatic heterocycles. The van der Waals surface area contributed by atoms with Crippen molar-refractivity contribution in [2.24, 2.45) is 27.3 Å². The number of aromatic nitrogens is 4. The van der Waals surface area contributed by atoms with Crippen molar-refractivity contribution in [3.05, 3.63) is 352 Å². The number of carbonyl (C=O) groups excluding carboxylic acids is 8. The number of nitrogen functional groups attached to an aromatic ring is 1. The van der Waals surface area contributed by atoms with Gasteiger partial charge in [0, 0.05) is 114 Å². The molecule has 8 aromatic carbocycles. The number of amides is 8. The molecular weight excluding hydrogens is 1790 g/mol. The van der Waals surface area contributed by atoms with E-state index in [0.717, 1.165) is 62.1 Å². The summed E-state index contributed by atoms with van der Waals surface area (Å²) in [6.45, 7) is 1.80. The van der Waals surface area contributed by atoms with Gasteiger partial charge in [-0.2, -0.15) is 0 Å². The summed E-state index contributed by atoms with van der Waals surface area (Å²) in [6, 6.07) is 66.9. The topological polar surface area (TPSA) is 479 Å². The molecule has 0 unspecified atom stereocenters. The van der Waals surface area contributed by atoms with E-state index < -0.39 is 17.7 Å². The van der Waals surface area contributed by atoms with Crippen molar-refractivity contribution in [3.63, 3.8) is 0 Å². The van der Waals surface area contributed by atoms with Gasteiger partial charge in [-0.25, -0.2) is 19.9 Å². The maximum Gasteiger partial charge on any atom is 0.258 e. The minimum absolute atomic E-state index is 0.0551. The van der Waals surface area contributed by atoms with Crippen molar-refractivity contribution in [3.8, 4) is 0 Å². The average Bonchev–Trinajstić information content (AvgIpc) is 1.54. The van der Waals surface area contributed by atoms with Crippen molar-refractivity contribution in [1.82, 2.24) is 24.8 Å². The van der Waals surface area contributed by atoms with E-state index in [0.29, 0.717) is 113 Å². The van der Waals surface area contributed by atoms with Crippen LogP contribution >= 0.6 is 63.7 Å². The zero-order chi connectivity index (χ0) is 86.2. The number of likely N-dealkylation sites (tertiary alicyclic amines) is 1. The van der Waals surface area contributed by atoms with Gasteiger partial charge in [0.2, 0.25) is 0 Å². The van der Waals surface area contributed by atoms with Crippen LogP contribution in [0.1, 0.15) is 118 Å². The third-order valence-corrected chi connectivity index (χ3v) is 19.0. The normalized spacial score (nSPS) is 11.2. The van der Waals surface area contributed by atoms with Crippen molar-refractivity contribution >= 4 is 180 Å². The highest BCUT2D eigenvalue weighted by molar-refractivity contribution is 9.11. The molecule has 34 heteroatoms. The number of carbonyl (C=O) groups is 8. The number of aliphatic hydroxyl groups excluding tert-OH is 1. The lowest BCUT2D eigenvalue weighted by atomic mass is 10.1. The molecule has 12 aromatic rings. The number of amidine groups is 4. The largest absolute Gasteiger partial charge is 0.409 e. The van der Waals surface area contributed by atoms with Crippen LogP contribution in [0.2, 0.25) is 0 Å². The number of benzene rings is 8. The number of nitrogens with two attached hydrogens (primary N) is 3. The smallest absolute Gasteiger partial charge is 0.258 e. The summed E-state index contributed by atoms with van der Waals surface area (Å²) in [5.74, 6) is -0.645. The minimum atomic E-state index is -0.405. The molecule has 0 radical (unpaired) electrons. The Labute approximate surface area is 721 Å². The fourth-order valence-corrected chi connectivity index (χ4v) is 11.9. The third kappa shape index (κ3) is 26.1. The Hall–Kier alpha value is -14.3. The first kappa shape index (κ1) is 89.6. The molecule has 0 spiro atoms. The molecule has 0 saturated carbocycles. The maximum absolute atomic E-state index is 12.8. The average molecular weight is 1870 g/mol. The number of nitrogens with zero attached hydrogens (tertiary/aromatic N) is 7. The molecular formula is C86H76Br4N20O10. The number of para-hydroxylation sites is 4. The van der Waals surface area contributed by atoms with E-state index in [4.69, 9.17) is 38.3 Å². The van der Waals surface area contributed by atoms with Gasteiger partial charge in [-0.1, -0.05) is 102 Å². The Morgan fingerprint density at radius 3 is 0.817 bits per heavy atom. The lowest BCUT2D eigenvalue weighted by molar-refractivity contribution is 0.101. The van der Waals surface area contributed by atoms with Crippen LogP contribution in [0, 0.1) is 10.8 Å². The fraction of sp³-hybridized carbons (Fsp3) is 0.0698. The zero-order valence-corrected chi connectivity index (χ0v) is 70.1. The van der Waals surface area contributed by atoms with Gasteiger partial charge in [-0.3, -0.25) is 54.2 Å². The first-order chi connectivity index (χ1) is 57.9. The van der Waals surface area contributed by atoms with Crippen LogP contribution in [0.5, 0.6) is 0 Å². The summed E-state index contributed by atoms with van der Waals surface area (Å²) in [5.41, 5.74) is 23.6. The van der Waals surface area contributed by atoms with Crippen LogP contribution in [0.3, 0.4) is 0 Å². The molecule has 0 aliphatic carbocycles. The number of oxime groups is 1. The van der Waals surface area contributed by atoms with Crippen LogP contribution in [-0.4, -0.2) is 133 Å². The van der Waals surface area contributed by atoms with Crippen LogP contribution in [0.4, 0.5) is 46.0 Å². The predicted molar refractivity (Wildman–Crippen MR) is 479 cm³/mol. The molecule has 1 fully saturated rings. The van der Waals surface area contributed by atoms with Crippen LogP contribution in [0.15, 0.2) is 295 Å². The number of pyridine rings is 4. The second-order valence-corrected chi connectivity index (χ2v) is 28.8. The first-order valence-electron chi connectivity index (χ1n) is 36.0. The summed E-state index contributed by atoms with van der Waals surface area (Å²) < 4.78 is 3.21. The van der Waals surface area contributed by atoms with Gasteiger partial charge in [-0.15, -0.1) is 0 Å². The highest BCUT2D eigenvalue weighted by Gasteiger charge is 2.22. The molecule has 0 bridgehead atoms. The van der Waals surface area contributed by atoms with Gasteiger partial charge in [0.05, 0.1) is 45.0 Å². The number of halogens is 4. The molecule has 13 rings (SSSR count). The number of hydrogen-bond donors (Lipinski definition) is 15. The minimum Gasteiger partial charge on any atom is -0.409 e. The molecule has 8 amide bonds. The number of hydrogen-bond acceptors (Lipinski definition) is 18. The van der Waals surface area contributed by atoms with E-state index in [1.165, 1.54) is 12.1 Å². The SMILES string of the molecule is CN=C(N)c1ccc(C(=O)Nc2ccccc2C(=O)Nc2ccc(Br)cn2)cc1.CO.N=C(N)c1ccc(C(=O)Nc2ccccc2C(=O)Nc2ccc(Br)cn2)cc1.N=C(c1ccc(C(=O)Nc2ccccc2C(=O)Nc2ccc(Br)cn2)cc1)N1CCCC1.NC(=NO)c1ccc(C(=O)Nc2ccccc2C(=O)Nc2ccc(Br)cn2)cc1. The number of aliphatic hydroxyl groups is 1. The number of rotatable bonds is 20. The Morgan fingerprint density at radius 2 is 0.575 bits per heavy atom. The Morgan fingerprint density at radius 1 is 0.333 bits per heavy atom. The van der Waals surface area contributed by atoms with E-state index in [-0.39, 0.29) is 41.2 Å². The number of nitrogens with one attached hydrogen (secondary N) is 10. The molecule has 18 N–H and O–H groups in total. The van der Waals surface area contributed by atoms with Gasteiger partial charge in [-0.05, 0) is 222 Å². The summed E-state index contributed by atoms with van der Waals surface area (Å²) >= 11 is 13.2. The van der Waals surface area contributed by atoms with E-state index in [1.807, 2.05) is 4.90 Å². The molecule has 30 nitrogen and oxygen atoms in total. The molecule has 1 saturated heterocycles. The monoisotopic (exact) mass is 1860 g/mol. The molecule has 608 valence electrons. The van der Waals surface area contributed by atoms with Crippen LogP contribution in [-0.2, 0) is 0 Å². The summed E-state index contributed by atoms with van der Waals surface area (Å²) in [7, 11) is 2.60. The van der Waals surface area contributed by atoms with Gasteiger partial charge >= 0.3 is 0 Å². The van der Waals surface area contributed by atoms with Crippen LogP contribution < -0.4 is 59.7 Å². The quantitative estimate of drug-likeness (QED) is 0.0146. The van der Waals surface area contributed by atoms with E-state index in [9.17, 15) is 38.4 Å². The fourth-order valence-electron chi connectivity index (χ4n) is 10.9. The van der Waals surface area contributed by atoms with Gasteiger partial charge in [0.1, 0.15) is 40.8 Å². The molecule has 120 heavy (non-hydrogen) atoms. The Kier molecular flexibility index (Phi) is 33.4. The van der Waals surface area contributed by atoms with Crippen molar-refractivity contribution in [1.29, 1.82) is 10.8 Å². The van der Waals surface area contributed by atoms with E-state index in [1.54, 1.807) is 262 Å². The summed E-state index contributed by atoms with van der Waals surface area (Å²) in [5, 5.41) is 56.2. The second-order valence-electron chi connectivity index (χ2n) is 25.1. The summed E-state index contributed by atoms with van der Waals surface area (Å²) in [4.78, 5) is 124. The molecule has 0 atom stereocenters. The molecule has 1 aliphatic rings. The standard InChI is InChI=1S/C24H22BrN5O2.C21H18BrN5O2.C20H16BrN5O3.C20H16BrN5O2.CH4O/c25-18-11-12-21(27-15-18)29-24(32)19-5-1-2-6-20(19)28-23(31)17-9-7-16(8-10-17)22(26)30-13-3-4-14-30;1-24-19(23)13-6-8-14(9-7-13)20(28)26-17-5-3-2-4-16(17)21(29)27-18-11-10-15(22)12-25-18;21-14-9-10-17(23-11-14)25-20(28)15-3-1-2-4-16(15)24-19(27)13-7-5-12(6-8-13)18(22)26-29;21-14-9-10-17(24-11-14)26-20(28)15-3-1-2-4-16(15)25-19(27)13-7-5-12(6-8-13)18(22)23;1-2/h1-2,5-12,15,26H,3-4,13-14H2,(H,28,31)(H,27,29,32);2-12H,1H3,(H2,23,24)(H,26,28)(H,25,27,29);1-11,29H,(H2,22,26)(H,24,27)(H,23,25,28);1-11H,(H3,22,23)(H,25,27)(H,24,26,28);2H,1H3. The second kappa shape index (κ2) is 44.7. The zero-order valence-electron chi connectivity index (χ0n) is 63.8. The predicted octanol–water partition coefficient (Wildman–Crippen LogP) is 15.1. The van der Waals surface area contributed by atoms with Gasteiger partial charge in [0.25, 0.3) is 47.3 Å². The first-order valence-corrected chi connectivity index (χ1v) is 39.1. The highest BCUT2D eigenvalue weighted by atomic mass is 79.9. The highest BCUT2D eigenvalue weighted by Crippen LogP contribution is 2.26. The van der Waals surface area contributed by atoms with Gasteiger partial charge < -0.3 is 74.9 Å². The van der Waals surface area contributed by atoms with Crippen molar-refractivity contribution in [2.45, 2.75) is 12.8 Å². The van der Waals surface area contributed by atoms with Crippen LogP contribution in [0.25, 0.3) is 0 Å². The summed E-state index contributed by atoms with van der Waals surface area (Å²) in [6.07, 6.45) is 8.54. The third-order valence-electron chi connectivity index (χ3n) is 17.1. The molecule has 1 aliphatic heterocycles. The molecule has 5 heterocycles. The lowest BCUT2D eigenvalue weighted by Gasteiger charge is -2.18. The Bertz CT molecular complexity index is 5540. The maximum atomic E-state index is 12.8. The van der Waals surface area contributed by atoms with Crippen molar-refractivity contribution in [2.75, 3.05) is 69.8 Å². The number of aliphatic imine (C=N–C) groups is 1. The van der Waals surface area contributed by atoms with Gasteiger partial charge in [0.15, 0.2) is 5.84 Å². The van der Waals surface area contributed by atoms with E-state index in [2.05, 4.69) is 136 Å². The van der Waals surface area contributed by atoms with Crippen molar-refractivity contribution < 1.29 is 48.7 Å². The lowest BCUT2D eigenvalue weighted by Crippen LogP contribution is -2.27. The Balaban J connectivity index is 0.000000181. The van der Waals surface area contributed by atoms with E-state index >= 15 is 0 Å². The number of anilines is 8.